The van der Waals surface area contributed by atoms with Crippen molar-refractivity contribution in [3.05, 3.63) is 57.5 Å². The molecule has 30 heavy (non-hydrogen) atoms. The summed E-state index contributed by atoms with van der Waals surface area (Å²) in [6.45, 7) is 2.54. The number of sulfonamides is 1. The second-order valence-corrected chi connectivity index (χ2v) is 9.87. The van der Waals surface area contributed by atoms with Gasteiger partial charge in [-0.15, -0.1) is 0 Å². The Balaban J connectivity index is 1.68. The predicted octanol–water partition coefficient (Wildman–Crippen LogP) is 1.24. The molecule has 0 aliphatic carbocycles. The van der Waals surface area contributed by atoms with E-state index in [1.165, 1.54) is 10.5 Å². The number of carbonyl (C=O) groups excluding carboxylic acids is 1. The lowest BCUT2D eigenvalue weighted by Crippen LogP contribution is -2.42. The number of rotatable bonds is 4. The molecule has 2 aromatic heterocycles. The largest absolute Gasteiger partial charge is 0.328 e. The summed E-state index contributed by atoms with van der Waals surface area (Å²) < 4.78 is 26.0. The van der Waals surface area contributed by atoms with Crippen LogP contribution < -0.4 is 5.56 Å². The topological polar surface area (TPSA) is 116 Å². The van der Waals surface area contributed by atoms with Crippen LogP contribution in [0.15, 0.2) is 29.3 Å². The number of piperidine rings is 1. The van der Waals surface area contributed by atoms with Gasteiger partial charge in [0.2, 0.25) is 10.0 Å². The highest BCUT2D eigenvalue weighted by molar-refractivity contribution is 7.89. The minimum atomic E-state index is -3.37. The Kier molecular flexibility index (Phi) is 5.70. The van der Waals surface area contributed by atoms with Gasteiger partial charge in [0.1, 0.15) is 5.82 Å². The Bertz CT molecular complexity index is 1100. The van der Waals surface area contributed by atoms with Crippen LogP contribution in [0.25, 0.3) is 0 Å². The third-order valence-electron chi connectivity index (χ3n) is 5.80. The molecule has 160 valence electrons. The molecule has 1 atom stereocenters. The van der Waals surface area contributed by atoms with Crippen LogP contribution >= 0.6 is 0 Å². The maximum Gasteiger partial charge on any atom is 0.256 e. The number of carbonyl (C=O) groups is 1. The van der Waals surface area contributed by atoms with E-state index in [1.807, 2.05) is 0 Å². The van der Waals surface area contributed by atoms with Crippen molar-refractivity contribution in [2.45, 2.75) is 45.2 Å². The Hall–Kier alpha value is -2.59. The van der Waals surface area contributed by atoms with Crippen LogP contribution in [0.4, 0.5) is 0 Å². The van der Waals surface area contributed by atoms with E-state index in [-0.39, 0.29) is 36.4 Å². The average Bonchev–Trinajstić information content (AvgIpc) is 2.78. The molecule has 2 aromatic rings. The summed E-state index contributed by atoms with van der Waals surface area (Å²) in [4.78, 5) is 39.1. The monoisotopic (exact) mass is 431 g/mol. The number of nitrogens with zero attached hydrogens (tertiary/aromatic N) is 4. The van der Waals surface area contributed by atoms with Crippen molar-refractivity contribution >= 4 is 15.9 Å². The number of nitrogens with one attached hydrogen (secondary N) is 1. The Labute approximate surface area is 175 Å². The number of amides is 1. The van der Waals surface area contributed by atoms with E-state index in [0.29, 0.717) is 42.0 Å². The lowest BCUT2D eigenvalue weighted by Gasteiger charge is -2.35. The molecule has 1 N–H and O–H groups in total. The molecule has 2 aliphatic heterocycles. The lowest BCUT2D eigenvalue weighted by molar-refractivity contribution is 0.0598. The smallest absolute Gasteiger partial charge is 0.256 e. The molecule has 1 unspecified atom stereocenters. The molecule has 0 radical (unpaired) electrons. The van der Waals surface area contributed by atoms with Crippen LogP contribution in [0, 0.1) is 0 Å². The van der Waals surface area contributed by atoms with Crippen molar-refractivity contribution in [3.63, 3.8) is 0 Å². The summed E-state index contributed by atoms with van der Waals surface area (Å²) in [6, 6.07) is 3.08. The lowest BCUT2D eigenvalue weighted by atomic mass is 9.99. The first-order chi connectivity index (χ1) is 14.4. The maximum atomic E-state index is 13.1. The molecule has 4 rings (SSSR count). The van der Waals surface area contributed by atoms with E-state index in [4.69, 9.17) is 0 Å². The molecule has 1 saturated heterocycles. The molecule has 0 spiro atoms. The van der Waals surface area contributed by atoms with Crippen molar-refractivity contribution in [1.82, 2.24) is 24.2 Å². The molecule has 0 bridgehead atoms. The number of hydrogen-bond acceptors (Lipinski definition) is 6. The van der Waals surface area contributed by atoms with Gasteiger partial charge in [-0.2, -0.15) is 4.31 Å². The first-order valence-electron chi connectivity index (χ1n) is 10.2. The fourth-order valence-corrected chi connectivity index (χ4v) is 5.18. The molecular formula is C20H25N5O4S. The van der Waals surface area contributed by atoms with Gasteiger partial charge in [0.15, 0.2) is 0 Å². The van der Waals surface area contributed by atoms with Crippen LogP contribution in [0.2, 0.25) is 0 Å². The van der Waals surface area contributed by atoms with Crippen LogP contribution in [0.1, 0.15) is 59.7 Å². The summed E-state index contributed by atoms with van der Waals surface area (Å²) in [5.41, 5.74) is 1.26. The van der Waals surface area contributed by atoms with Gasteiger partial charge in [0.05, 0.1) is 29.6 Å². The van der Waals surface area contributed by atoms with E-state index in [9.17, 15) is 18.0 Å². The van der Waals surface area contributed by atoms with Gasteiger partial charge in [-0.1, -0.05) is 0 Å². The fraction of sp³-hybridized carbons (Fsp3) is 0.500. The minimum Gasteiger partial charge on any atom is -0.328 e. The van der Waals surface area contributed by atoms with Crippen LogP contribution in [-0.4, -0.2) is 57.3 Å². The van der Waals surface area contributed by atoms with E-state index in [1.54, 1.807) is 30.2 Å². The molecular weight excluding hydrogens is 406 g/mol. The van der Waals surface area contributed by atoms with Crippen LogP contribution in [0.5, 0.6) is 0 Å². The number of aromatic amines is 1. The minimum absolute atomic E-state index is 0.00833. The summed E-state index contributed by atoms with van der Waals surface area (Å²) >= 11 is 0. The maximum absolute atomic E-state index is 13.1. The Morgan fingerprint density at radius 2 is 2.13 bits per heavy atom. The van der Waals surface area contributed by atoms with Gasteiger partial charge >= 0.3 is 0 Å². The van der Waals surface area contributed by atoms with E-state index < -0.39 is 10.0 Å². The highest BCUT2D eigenvalue weighted by Crippen LogP contribution is 2.30. The highest BCUT2D eigenvalue weighted by atomic mass is 32.2. The molecule has 10 heteroatoms. The highest BCUT2D eigenvalue weighted by Gasteiger charge is 2.33. The van der Waals surface area contributed by atoms with Crippen molar-refractivity contribution in [3.8, 4) is 0 Å². The van der Waals surface area contributed by atoms with E-state index >= 15 is 0 Å². The molecule has 9 nitrogen and oxygen atoms in total. The fourth-order valence-electron chi connectivity index (χ4n) is 4.13. The van der Waals surface area contributed by atoms with Gasteiger partial charge in [0.25, 0.3) is 11.5 Å². The van der Waals surface area contributed by atoms with Gasteiger partial charge in [-0.3, -0.25) is 14.6 Å². The zero-order valence-electron chi connectivity index (χ0n) is 16.9. The first kappa shape index (κ1) is 20.7. The molecule has 4 heterocycles. The van der Waals surface area contributed by atoms with Gasteiger partial charge in [0, 0.05) is 31.0 Å². The average molecular weight is 432 g/mol. The Morgan fingerprint density at radius 3 is 2.87 bits per heavy atom. The van der Waals surface area contributed by atoms with Crippen molar-refractivity contribution in [1.29, 1.82) is 0 Å². The van der Waals surface area contributed by atoms with Gasteiger partial charge < -0.3 is 9.88 Å². The number of hydrogen-bond donors (Lipinski definition) is 1. The number of fused-ring (bicyclic) bond motifs is 1. The zero-order chi connectivity index (χ0) is 21.3. The van der Waals surface area contributed by atoms with E-state index in [2.05, 4.69) is 15.0 Å². The Morgan fingerprint density at radius 1 is 1.30 bits per heavy atom. The van der Waals surface area contributed by atoms with Crippen LogP contribution in [-0.2, 0) is 23.0 Å². The third-order valence-corrected chi connectivity index (χ3v) is 7.63. The summed E-state index contributed by atoms with van der Waals surface area (Å²) in [6.07, 6.45) is 5.96. The number of likely N-dealkylation sites (tertiary alicyclic amines) is 1. The summed E-state index contributed by atoms with van der Waals surface area (Å²) in [5.74, 6) is 0.281. The molecule has 1 fully saturated rings. The number of H-pyrrole nitrogens is 1. The molecule has 1 amide bonds. The zero-order valence-corrected chi connectivity index (χ0v) is 17.7. The van der Waals surface area contributed by atoms with Crippen molar-refractivity contribution in [2.24, 2.45) is 0 Å². The van der Waals surface area contributed by atoms with E-state index in [0.717, 1.165) is 12.8 Å². The van der Waals surface area contributed by atoms with Gasteiger partial charge in [-0.05, 0) is 44.7 Å². The number of pyridine rings is 1. The van der Waals surface area contributed by atoms with Gasteiger partial charge in [-0.25, -0.2) is 13.4 Å². The first-order valence-corrected chi connectivity index (χ1v) is 11.8. The predicted molar refractivity (Wildman–Crippen MR) is 110 cm³/mol. The normalized spacial score (nSPS) is 20.0. The SMILES string of the molecule is CCS(=O)(=O)N1CCc2c(nc(C3CCCCN3C(=O)c3cccnc3)[nH]c2=O)C1. The van der Waals surface area contributed by atoms with Crippen molar-refractivity contribution < 1.29 is 13.2 Å². The molecule has 0 saturated carbocycles. The number of aromatic nitrogens is 3. The third kappa shape index (κ3) is 3.89. The standard InChI is InChI=1S/C20H25N5O4S/c1-2-30(28,29)24-11-8-15-16(13-24)22-18(23-19(15)26)17-7-3-4-10-25(17)20(27)14-6-5-9-21-12-14/h5-6,9,12,17H,2-4,7-8,10-11,13H2,1H3,(H,22,23,26). The quantitative estimate of drug-likeness (QED) is 0.779. The molecule has 0 aromatic carbocycles. The molecule has 2 aliphatic rings. The summed E-state index contributed by atoms with van der Waals surface area (Å²) in [7, 11) is -3.37. The van der Waals surface area contributed by atoms with Crippen molar-refractivity contribution in [2.75, 3.05) is 18.8 Å². The second kappa shape index (κ2) is 8.27. The van der Waals surface area contributed by atoms with Crippen LogP contribution in [0.3, 0.4) is 0 Å². The second-order valence-electron chi connectivity index (χ2n) is 7.61. The summed E-state index contributed by atoms with van der Waals surface area (Å²) in [5, 5.41) is 0.